The standard InChI is InChI=1S/C24H42S2/c1-3-5-7-9-11-13-18-25-21-23-16-15-17-24(20-23)22-26-19-14-12-10-8-6-4-2/h15-17,20H,3-14,18-19,21-22H2,1-2H3. The van der Waals surface area contributed by atoms with Gasteiger partial charge in [0.1, 0.15) is 0 Å². The van der Waals surface area contributed by atoms with Crippen LogP contribution in [0, 0.1) is 0 Å². The second kappa shape index (κ2) is 18.3. The quantitative estimate of drug-likeness (QED) is 0.228. The number of rotatable bonds is 18. The maximum Gasteiger partial charge on any atom is 0.0184 e. The zero-order chi connectivity index (χ0) is 18.7. The summed E-state index contributed by atoms with van der Waals surface area (Å²) in [6.07, 6.45) is 16.9. The van der Waals surface area contributed by atoms with Gasteiger partial charge in [-0.3, -0.25) is 0 Å². The molecule has 0 spiro atoms. The van der Waals surface area contributed by atoms with E-state index in [1.807, 2.05) is 0 Å². The highest BCUT2D eigenvalue weighted by Gasteiger charge is 1.99. The van der Waals surface area contributed by atoms with E-state index < -0.39 is 0 Å². The van der Waals surface area contributed by atoms with Gasteiger partial charge in [-0.2, -0.15) is 23.5 Å². The van der Waals surface area contributed by atoms with Gasteiger partial charge in [0.2, 0.25) is 0 Å². The van der Waals surface area contributed by atoms with Crippen molar-refractivity contribution in [2.75, 3.05) is 11.5 Å². The monoisotopic (exact) mass is 394 g/mol. The summed E-state index contributed by atoms with van der Waals surface area (Å²) < 4.78 is 0. The van der Waals surface area contributed by atoms with Crippen LogP contribution in [0.1, 0.15) is 102 Å². The number of hydrogen-bond acceptors (Lipinski definition) is 2. The SMILES string of the molecule is CCCCCCCCSCc1cccc(CSCCCCCCCC)c1. The van der Waals surface area contributed by atoms with Crippen molar-refractivity contribution in [2.24, 2.45) is 0 Å². The molecule has 0 bridgehead atoms. The fourth-order valence-electron chi connectivity index (χ4n) is 3.16. The number of thioether (sulfide) groups is 2. The smallest absolute Gasteiger partial charge is 0.0184 e. The molecule has 0 atom stereocenters. The number of hydrogen-bond donors (Lipinski definition) is 0. The summed E-state index contributed by atoms with van der Waals surface area (Å²) in [6, 6.07) is 9.29. The highest BCUT2D eigenvalue weighted by molar-refractivity contribution is 7.98. The van der Waals surface area contributed by atoms with Crippen molar-refractivity contribution >= 4 is 23.5 Å². The van der Waals surface area contributed by atoms with E-state index in [1.54, 1.807) is 0 Å². The molecule has 0 saturated heterocycles. The Hall–Kier alpha value is -0.0800. The second-order valence-corrected chi connectivity index (χ2v) is 9.67. The molecule has 0 aromatic heterocycles. The van der Waals surface area contributed by atoms with E-state index >= 15 is 0 Å². The third kappa shape index (κ3) is 14.0. The van der Waals surface area contributed by atoms with Gasteiger partial charge in [0.25, 0.3) is 0 Å². The van der Waals surface area contributed by atoms with Crippen LogP contribution in [0.25, 0.3) is 0 Å². The van der Waals surface area contributed by atoms with Crippen molar-refractivity contribution < 1.29 is 0 Å². The van der Waals surface area contributed by atoms with Crippen LogP contribution in [0.5, 0.6) is 0 Å². The summed E-state index contributed by atoms with van der Waals surface area (Å²) >= 11 is 4.23. The van der Waals surface area contributed by atoms with Crippen molar-refractivity contribution in [1.82, 2.24) is 0 Å². The summed E-state index contributed by atoms with van der Waals surface area (Å²) in [4.78, 5) is 0. The highest BCUT2D eigenvalue weighted by Crippen LogP contribution is 2.20. The molecular weight excluding hydrogens is 352 g/mol. The topological polar surface area (TPSA) is 0 Å². The molecular formula is C24H42S2. The summed E-state index contributed by atoms with van der Waals surface area (Å²) in [6.45, 7) is 4.58. The van der Waals surface area contributed by atoms with Gasteiger partial charge in [-0.05, 0) is 35.5 Å². The van der Waals surface area contributed by atoms with Crippen LogP contribution in [0.2, 0.25) is 0 Å². The predicted molar refractivity (Wildman–Crippen MR) is 126 cm³/mol. The Morgan fingerprint density at radius 3 is 1.46 bits per heavy atom. The third-order valence-corrected chi connectivity index (χ3v) is 7.04. The van der Waals surface area contributed by atoms with Gasteiger partial charge >= 0.3 is 0 Å². The lowest BCUT2D eigenvalue weighted by atomic mass is 10.1. The normalized spacial score (nSPS) is 11.2. The minimum Gasteiger partial charge on any atom is -0.157 e. The van der Waals surface area contributed by atoms with Crippen molar-refractivity contribution in [2.45, 2.75) is 102 Å². The molecule has 0 nitrogen and oxygen atoms in total. The highest BCUT2D eigenvalue weighted by atomic mass is 32.2. The number of unbranched alkanes of at least 4 members (excludes halogenated alkanes) is 10. The summed E-state index contributed by atoms with van der Waals surface area (Å²) in [7, 11) is 0. The average molecular weight is 395 g/mol. The van der Waals surface area contributed by atoms with Crippen LogP contribution in [-0.4, -0.2) is 11.5 Å². The van der Waals surface area contributed by atoms with Crippen LogP contribution >= 0.6 is 23.5 Å². The third-order valence-electron chi connectivity index (χ3n) is 4.81. The van der Waals surface area contributed by atoms with Gasteiger partial charge in [-0.25, -0.2) is 0 Å². The second-order valence-electron chi connectivity index (χ2n) is 7.46. The Bertz CT molecular complexity index is 381. The molecule has 0 saturated carbocycles. The van der Waals surface area contributed by atoms with E-state index in [1.165, 1.54) is 111 Å². The molecule has 2 heteroatoms. The first-order valence-electron chi connectivity index (χ1n) is 11.1. The first-order chi connectivity index (χ1) is 12.9. The minimum atomic E-state index is 1.19. The average Bonchev–Trinajstić information content (AvgIpc) is 2.66. The van der Waals surface area contributed by atoms with Gasteiger partial charge < -0.3 is 0 Å². The zero-order valence-electron chi connectivity index (χ0n) is 17.4. The van der Waals surface area contributed by atoms with Gasteiger partial charge in [-0.1, -0.05) is 102 Å². The van der Waals surface area contributed by atoms with E-state index in [2.05, 4.69) is 61.6 Å². The van der Waals surface area contributed by atoms with Crippen LogP contribution < -0.4 is 0 Å². The largest absolute Gasteiger partial charge is 0.157 e. The van der Waals surface area contributed by atoms with Gasteiger partial charge in [0.15, 0.2) is 0 Å². The molecule has 1 aromatic rings. The molecule has 0 amide bonds. The molecule has 0 aliphatic carbocycles. The lowest BCUT2D eigenvalue weighted by Gasteiger charge is -2.06. The number of benzene rings is 1. The summed E-state index contributed by atoms with van der Waals surface area (Å²) in [5.74, 6) is 5.02. The van der Waals surface area contributed by atoms with Crippen LogP contribution in [-0.2, 0) is 11.5 Å². The van der Waals surface area contributed by atoms with Crippen molar-refractivity contribution in [3.05, 3.63) is 35.4 Å². The Morgan fingerprint density at radius 2 is 1.00 bits per heavy atom. The molecule has 1 aromatic carbocycles. The molecule has 150 valence electrons. The van der Waals surface area contributed by atoms with Crippen LogP contribution in [0.15, 0.2) is 24.3 Å². The van der Waals surface area contributed by atoms with E-state index in [4.69, 9.17) is 0 Å². The fraction of sp³-hybridized carbons (Fsp3) is 0.750. The molecule has 1 rings (SSSR count). The predicted octanol–water partition coefficient (Wildman–Crippen LogP) is 8.87. The molecule has 0 aliphatic heterocycles. The van der Waals surface area contributed by atoms with Gasteiger partial charge in [0.05, 0.1) is 0 Å². The molecule has 0 heterocycles. The summed E-state index contributed by atoms with van der Waals surface area (Å²) in [5.41, 5.74) is 3.03. The van der Waals surface area contributed by atoms with E-state index in [9.17, 15) is 0 Å². The minimum absolute atomic E-state index is 1.19. The molecule has 0 radical (unpaired) electrons. The lowest BCUT2D eigenvalue weighted by Crippen LogP contribution is -1.89. The molecule has 0 fully saturated rings. The van der Waals surface area contributed by atoms with Crippen molar-refractivity contribution in [3.63, 3.8) is 0 Å². The van der Waals surface area contributed by atoms with Gasteiger partial charge in [-0.15, -0.1) is 0 Å². The van der Waals surface area contributed by atoms with E-state index in [0.29, 0.717) is 0 Å². The lowest BCUT2D eigenvalue weighted by molar-refractivity contribution is 0.627. The first-order valence-corrected chi connectivity index (χ1v) is 13.4. The zero-order valence-corrected chi connectivity index (χ0v) is 19.1. The fourth-order valence-corrected chi connectivity index (χ4v) is 5.09. The van der Waals surface area contributed by atoms with Crippen LogP contribution in [0.3, 0.4) is 0 Å². The Morgan fingerprint density at radius 1 is 0.577 bits per heavy atom. The van der Waals surface area contributed by atoms with Gasteiger partial charge in [0, 0.05) is 11.5 Å². The first kappa shape index (κ1) is 24.0. The van der Waals surface area contributed by atoms with E-state index in [-0.39, 0.29) is 0 Å². The van der Waals surface area contributed by atoms with Crippen molar-refractivity contribution in [1.29, 1.82) is 0 Å². The maximum absolute atomic E-state index is 2.43. The molecule has 0 aliphatic rings. The molecule has 0 unspecified atom stereocenters. The Labute approximate surface area is 172 Å². The molecule has 0 N–H and O–H groups in total. The Kier molecular flexibility index (Phi) is 16.9. The van der Waals surface area contributed by atoms with E-state index in [0.717, 1.165) is 0 Å². The Balaban J connectivity index is 2.03. The summed E-state index contributed by atoms with van der Waals surface area (Å²) in [5, 5.41) is 0. The van der Waals surface area contributed by atoms with Crippen molar-refractivity contribution in [3.8, 4) is 0 Å². The van der Waals surface area contributed by atoms with Crippen LogP contribution in [0.4, 0.5) is 0 Å². The maximum atomic E-state index is 2.43. The molecule has 26 heavy (non-hydrogen) atoms.